The second kappa shape index (κ2) is 6.47. The zero-order valence-corrected chi connectivity index (χ0v) is 11.0. The number of halogens is 1. The van der Waals surface area contributed by atoms with Crippen molar-refractivity contribution in [2.75, 3.05) is 6.54 Å². The first kappa shape index (κ1) is 13.0. The van der Waals surface area contributed by atoms with Crippen molar-refractivity contribution >= 4 is 17.5 Å². The van der Waals surface area contributed by atoms with Crippen molar-refractivity contribution in [3.8, 4) is 11.8 Å². The second-order valence-corrected chi connectivity index (χ2v) is 4.95. The molecule has 0 spiro atoms. The third-order valence-corrected chi connectivity index (χ3v) is 3.37. The van der Waals surface area contributed by atoms with Crippen molar-refractivity contribution < 1.29 is 4.79 Å². The molecule has 1 aliphatic carbocycles. The molecule has 94 valence electrons. The lowest BCUT2D eigenvalue weighted by Gasteiger charge is -2.07. The summed E-state index contributed by atoms with van der Waals surface area (Å²) in [5.41, 5.74) is 0.873. The summed E-state index contributed by atoms with van der Waals surface area (Å²) in [6.07, 6.45) is 4.39. The molecule has 1 fully saturated rings. The molecule has 0 aliphatic heterocycles. The Morgan fingerprint density at radius 3 is 2.89 bits per heavy atom. The third kappa shape index (κ3) is 3.78. The van der Waals surface area contributed by atoms with Crippen LogP contribution in [0, 0.1) is 17.8 Å². The number of rotatable bonds is 2. The van der Waals surface area contributed by atoms with E-state index in [1.54, 1.807) is 0 Å². The van der Waals surface area contributed by atoms with Gasteiger partial charge in [-0.15, -0.1) is 0 Å². The summed E-state index contributed by atoms with van der Waals surface area (Å²) in [5.74, 6) is 6.28. The van der Waals surface area contributed by atoms with Crippen LogP contribution in [-0.4, -0.2) is 12.5 Å². The van der Waals surface area contributed by atoms with Gasteiger partial charge in [0, 0.05) is 16.5 Å². The van der Waals surface area contributed by atoms with E-state index >= 15 is 0 Å². The van der Waals surface area contributed by atoms with Crippen LogP contribution in [-0.2, 0) is 4.79 Å². The van der Waals surface area contributed by atoms with Crippen molar-refractivity contribution in [2.24, 2.45) is 5.92 Å². The Balaban J connectivity index is 1.80. The molecule has 18 heavy (non-hydrogen) atoms. The molecule has 1 N–H and O–H groups in total. The van der Waals surface area contributed by atoms with Crippen LogP contribution < -0.4 is 5.32 Å². The Labute approximate surface area is 113 Å². The smallest absolute Gasteiger partial charge is 0.223 e. The standard InChI is InChI=1S/C15H16ClNO/c16-14-9-3-5-12(11-14)6-4-10-17-15(18)13-7-1-2-8-13/h3,5,9,11,13H,1-2,7-8,10H2,(H,17,18). The fraction of sp³-hybridized carbons (Fsp3) is 0.400. The highest BCUT2D eigenvalue weighted by Gasteiger charge is 2.21. The van der Waals surface area contributed by atoms with E-state index in [-0.39, 0.29) is 11.8 Å². The van der Waals surface area contributed by atoms with E-state index in [9.17, 15) is 4.79 Å². The molecular weight excluding hydrogens is 246 g/mol. The molecule has 0 heterocycles. The van der Waals surface area contributed by atoms with Gasteiger partial charge in [0.1, 0.15) is 0 Å². The highest BCUT2D eigenvalue weighted by Crippen LogP contribution is 2.24. The van der Waals surface area contributed by atoms with Gasteiger partial charge in [-0.25, -0.2) is 0 Å². The summed E-state index contributed by atoms with van der Waals surface area (Å²) >= 11 is 5.86. The maximum Gasteiger partial charge on any atom is 0.223 e. The molecule has 1 saturated carbocycles. The largest absolute Gasteiger partial charge is 0.345 e. The van der Waals surface area contributed by atoms with E-state index in [2.05, 4.69) is 17.2 Å². The van der Waals surface area contributed by atoms with Gasteiger partial charge in [0.25, 0.3) is 0 Å². The third-order valence-electron chi connectivity index (χ3n) is 3.13. The molecule has 0 atom stereocenters. The average molecular weight is 262 g/mol. The zero-order valence-electron chi connectivity index (χ0n) is 10.2. The lowest BCUT2D eigenvalue weighted by Crippen LogP contribution is -2.29. The number of carbonyl (C=O) groups excluding carboxylic acids is 1. The van der Waals surface area contributed by atoms with Crippen LogP contribution in [0.4, 0.5) is 0 Å². The molecule has 2 rings (SSSR count). The SMILES string of the molecule is O=C(NCC#Cc1cccc(Cl)c1)C1CCCC1. The molecule has 1 amide bonds. The van der Waals surface area contributed by atoms with Crippen molar-refractivity contribution in [1.29, 1.82) is 0 Å². The highest BCUT2D eigenvalue weighted by atomic mass is 35.5. The van der Waals surface area contributed by atoms with Crippen LogP contribution >= 0.6 is 11.6 Å². The Bertz CT molecular complexity index is 481. The summed E-state index contributed by atoms with van der Waals surface area (Å²) in [6, 6.07) is 7.39. The molecule has 0 bridgehead atoms. The number of hydrogen-bond donors (Lipinski definition) is 1. The normalized spacial score (nSPS) is 14.9. The Hall–Kier alpha value is -1.46. The maximum absolute atomic E-state index is 11.7. The first-order valence-electron chi connectivity index (χ1n) is 6.28. The predicted molar refractivity (Wildman–Crippen MR) is 73.3 cm³/mol. The van der Waals surface area contributed by atoms with E-state index in [0.717, 1.165) is 18.4 Å². The van der Waals surface area contributed by atoms with E-state index in [4.69, 9.17) is 11.6 Å². The minimum atomic E-state index is 0.146. The van der Waals surface area contributed by atoms with Gasteiger partial charge in [0.2, 0.25) is 5.91 Å². The Kier molecular flexibility index (Phi) is 4.66. The lowest BCUT2D eigenvalue weighted by atomic mass is 10.1. The fourth-order valence-electron chi connectivity index (χ4n) is 2.18. The van der Waals surface area contributed by atoms with Crippen LogP contribution in [0.5, 0.6) is 0 Å². The van der Waals surface area contributed by atoms with Gasteiger partial charge in [-0.2, -0.15) is 0 Å². The van der Waals surface area contributed by atoms with Crippen LogP contribution in [0.2, 0.25) is 5.02 Å². The van der Waals surface area contributed by atoms with Gasteiger partial charge in [-0.1, -0.05) is 42.3 Å². The summed E-state index contributed by atoms with van der Waals surface area (Å²) < 4.78 is 0. The number of carbonyl (C=O) groups is 1. The monoisotopic (exact) mass is 261 g/mol. The first-order chi connectivity index (χ1) is 8.75. The number of benzene rings is 1. The number of amides is 1. The van der Waals surface area contributed by atoms with Crippen LogP contribution in [0.1, 0.15) is 31.2 Å². The summed E-state index contributed by atoms with van der Waals surface area (Å²) in [7, 11) is 0. The molecule has 1 aromatic carbocycles. The van der Waals surface area contributed by atoms with Gasteiger partial charge in [-0.05, 0) is 31.0 Å². The molecule has 3 heteroatoms. The van der Waals surface area contributed by atoms with Crippen molar-refractivity contribution in [1.82, 2.24) is 5.32 Å². The van der Waals surface area contributed by atoms with Crippen molar-refractivity contribution in [3.63, 3.8) is 0 Å². The predicted octanol–water partition coefficient (Wildman–Crippen LogP) is 3.00. The van der Waals surface area contributed by atoms with Crippen LogP contribution in [0.25, 0.3) is 0 Å². The minimum Gasteiger partial charge on any atom is -0.345 e. The van der Waals surface area contributed by atoms with Crippen LogP contribution in [0.3, 0.4) is 0 Å². The number of hydrogen-bond acceptors (Lipinski definition) is 1. The molecule has 1 aliphatic rings. The summed E-state index contributed by atoms with van der Waals surface area (Å²) in [6.45, 7) is 0.405. The molecule has 0 radical (unpaired) electrons. The van der Waals surface area contributed by atoms with E-state index < -0.39 is 0 Å². The van der Waals surface area contributed by atoms with E-state index in [0.29, 0.717) is 11.6 Å². The highest BCUT2D eigenvalue weighted by molar-refractivity contribution is 6.30. The van der Waals surface area contributed by atoms with Gasteiger partial charge in [-0.3, -0.25) is 4.79 Å². The quantitative estimate of drug-likeness (QED) is 0.815. The minimum absolute atomic E-state index is 0.146. The van der Waals surface area contributed by atoms with Gasteiger partial charge in [0.05, 0.1) is 6.54 Å². The van der Waals surface area contributed by atoms with Gasteiger partial charge < -0.3 is 5.32 Å². The summed E-state index contributed by atoms with van der Waals surface area (Å²) in [4.78, 5) is 11.7. The van der Waals surface area contributed by atoms with Crippen molar-refractivity contribution in [2.45, 2.75) is 25.7 Å². The summed E-state index contributed by atoms with van der Waals surface area (Å²) in [5, 5.41) is 3.54. The van der Waals surface area contributed by atoms with Gasteiger partial charge >= 0.3 is 0 Å². The molecule has 0 saturated heterocycles. The number of nitrogens with one attached hydrogen (secondary N) is 1. The molecule has 0 unspecified atom stereocenters. The van der Waals surface area contributed by atoms with E-state index in [1.807, 2.05) is 24.3 Å². The van der Waals surface area contributed by atoms with E-state index in [1.165, 1.54) is 12.8 Å². The average Bonchev–Trinajstić information content (AvgIpc) is 2.88. The lowest BCUT2D eigenvalue weighted by molar-refractivity contribution is -0.124. The fourth-order valence-corrected chi connectivity index (χ4v) is 2.37. The van der Waals surface area contributed by atoms with Gasteiger partial charge in [0.15, 0.2) is 0 Å². The topological polar surface area (TPSA) is 29.1 Å². The molecule has 1 aromatic rings. The van der Waals surface area contributed by atoms with Crippen LogP contribution in [0.15, 0.2) is 24.3 Å². The second-order valence-electron chi connectivity index (χ2n) is 4.51. The molecule has 0 aromatic heterocycles. The zero-order chi connectivity index (χ0) is 12.8. The van der Waals surface area contributed by atoms with Crippen molar-refractivity contribution in [3.05, 3.63) is 34.9 Å². The Morgan fingerprint density at radius 1 is 1.39 bits per heavy atom. The molecular formula is C15H16ClNO. The maximum atomic E-state index is 11.7. The Morgan fingerprint density at radius 2 is 2.17 bits per heavy atom. The molecule has 2 nitrogen and oxygen atoms in total. The first-order valence-corrected chi connectivity index (χ1v) is 6.65.